The zero-order valence-corrected chi connectivity index (χ0v) is 12.2. The molecule has 0 heterocycles. The maximum Gasteiger partial charge on any atom is 0.255 e. The molecule has 19 heavy (non-hydrogen) atoms. The molecular weight excluding hydrogens is 244 g/mol. The zero-order valence-electron chi connectivity index (χ0n) is 12.2. The molecule has 0 spiro atoms. The van der Waals surface area contributed by atoms with E-state index in [1.165, 1.54) is 14.2 Å². The van der Waals surface area contributed by atoms with E-state index in [0.717, 1.165) is 0 Å². The number of nitrogens with zero attached hydrogens (tertiary/aromatic N) is 1. The number of benzene rings is 1. The minimum absolute atomic E-state index is 0.136. The molecule has 0 fully saturated rings. The molecule has 1 amide bonds. The molecule has 0 unspecified atom stereocenters. The lowest BCUT2D eigenvalue weighted by molar-refractivity contribution is 0.0779. The van der Waals surface area contributed by atoms with Crippen LogP contribution in [0.3, 0.4) is 0 Å². The van der Waals surface area contributed by atoms with Crippen molar-refractivity contribution in [1.29, 1.82) is 0 Å². The molecule has 0 saturated heterocycles. The highest BCUT2D eigenvalue weighted by molar-refractivity contribution is 6.00. The summed E-state index contributed by atoms with van der Waals surface area (Å²) in [6.07, 6.45) is 0. The largest absolute Gasteiger partial charge is 0.497 e. The second-order valence-electron chi connectivity index (χ2n) is 4.87. The van der Waals surface area contributed by atoms with Gasteiger partial charge in [-0.2, -0.15) is 0 Å². The van der Waals surface area contributed by atoms with E-state index in [1.54, 1.807) is 24.1 Å². The molecule has 0 saturated carbocycles. The number of amides is 1. The molecule has 0 aliphatic rings. The van der Waals surface area contributed by atoms with Crippen molar-refractivity contribution in [3.63, 3.8) is 0 Å². The number of hydrogen-bond donors (Lipinski definition) is 1. The Kier molecular flexibility index (Phi) is 5.03. The number of ether oxygens (including phenoxy) is 2. The molecule has 0 aliphatic heterocycles. The highest BCUT2D eigenvalue weighted by Crippen LogP contribution is 2.31. The van der Waals surface area contributed by atoms with Crippen molar-refractivity contribution >= 4 is 11.6 Å². The summed E-state index contributed by atoms with van der Waals surface area (Å²) in [6.45, 7) is 4.77. The van der Waals surface area contributed by atoms with Crippen LogP contribution in [0, 0.1) is 5.92 Å². The van der Waals surface area contributed by atoms with Gasteiger partial charge in [0.05, 0.1) is 25.5 Å². The van der Waals surface area contributed by atoms with E-state index in [1.807, 2.05) is 0 Å². The molecule has 0 aromatic heterocycles. The number of nitrogens with two attached hydrogens (primary N) is 1. The standard InChI is InChI=1S/C14H22N2O3/c1-9(2)8-16(3)14(17)11-6-10(18-4)7-12(19-5)13(11)15/h6-7,9H,8,15H2,1-5H3. The number of carbonyl (C=O) groups excluding carboxylic acids is 1. The van der Waals surface area contributed by atoms with E-state index in [-0.39, 0.29) is 5.91 Å². The molecule has 5 heteroatoms. The van der Waals surface area contributed by atoms with Crippen molar-refractivity contribution in [3.8, 4) is 11.5 Å². The van der Waals surface area contributed by atoms with E-state index in [0.29, 0.717) is 35.2 Å². The molecule has 0 radical (unpaired) electrons. The number of methoxy groups -OCH3 is 2. The van der Waals surface area contributed by atoms with Gasteiger partial charge in [0, 0.05) is 19.7 Å². The second kappa shape index (κ2) is 6.31. The molecule has 1 aromatic rings. The molecule has 106 valence electrons. The van der Waals surface area contributed by atoms with E-state index in [2.05, 4.69) is 13.8 Å². The van der Waals surface area contributed by atoms with E-state index < -0.39 is 0 Å². The Labute approximate surface area is 114 Å². The maximum atomic E-state index is 12.4. The van der Waals surface area contributed by atoms with Crippen LogP contribution >= 0.6 is 0 Å². The van der Waals surface area contributed by atoms with Crippen LogP contribution in [0.2, 0.25) is 0 Å². The van der Waals surface area contributed by atoms with Crippen LogP contribution < -0.4 is 15.2 Å². The minimum atomic E-state index is -0.136. The van der Waals surface area contributed by atoms with Crippen LogP contribution in [0.1, 0.15) is 24.2 Å². The van der Waals surface area contributed by atoms with Crippen molar-refractivity contribution < 1.29 is 14.3 Å². The monoisotopic (exact) mass is 266 g/mol. The third kappa shape index (κ3) is 3.53. The average Bonchev–Trinajstić information content (AvgIpc) is 2.37. The summed E-state index contributed by atoms with van der Waals surface area (Å²) in [5.74, 6) is 1.25. The Morgan fingerprint density at radius 3 is 2.42 bits per heavy atom. The van der Waals surface area contributed by atoms with Crippen molar-refractivity contribution in [1.82, 2.24) is 4.90 Å². The van der Waals surface area contributed by atoms with Crippen molar-refractivity contribution in [2.45, 2.75) is 13.8 Å². The lowest BCUT2D eigenvalue weighted by Crippen LogP contribution is -2.30. The summed E-state index contributed by atoms with van der Waals surface area (Å²) in [6, 6.07) is 3.30. The number of carbonyl (C=O) groups is 1. The molecule has 1 aromatic carbocycles. The number of rotatable bonds is 5. The normalized spacial score (nSPS) is 10.4. The van der Waals surface area contributed by atoms with Crippen LogP contribution in [0.15, 0.2) is 12.1 Å². The highest BCUT2D eigenvalue weighted by Gasteiger charge is 2.19. The fraction of sp³-hybridized carbons (Fsp3) is 0.500. The van der Waals surface area contributed by atoms with Crippen molar-refractivity contribution in [2.75, 3.05) is 33.5 Å². The summed E-state index contributed by atoms with van der Waals surface area (Å²) in [7, 11) is 4.81. The van der Waals surface area contributed by atoms with Crippen LogP contribution in [0.5, 0.6) is 11.5 Å². The minimum Gasteiger partial charge on any atom is -0.497 e. The molecule has 0 atom stereocenters. The Morgan fingerprint density at radius 2 is 1.95 bits per heavy atom. The lowest BCUT2D eigenvalue weighted by Gasteiger charge is -2.21. The van der Waals surface area contributed by atoms with Gasteiger partial charge in [-0.25, -0.2) is 0 Å². The van der Waals surface area contributed by atoms with Crippen LogP contribution in [-0.2, 0) is 0 Å². The Morgan fingerprint density at radius 1 is 1.32 bits per heavy atom. The van der Waals surface area contributed by atoms with Gasteiger partial charge in [-0.3, -0.25) is 4.79 Å². The van der Waals surface area contributed by atoms with E-state index >= 15 is 0 Å². The lowest BCUT2D eigenvalue weighted by atomic mass is 10.1. The summed E-state index contributed by atoms with van der Waals surface area (Å²) in [5.41, 5.74) is 6.70. The molecule has 0 aliphatic carbocycles. The zero-order chi connectivity index (χ0) is 14.6. The Bertz CT molecular complexity index is 458. The fourth-order valence-electron chi connectivity index (χ4n) is 1.90. The Balaban J connectivity index is 3.14. The molecule has 5 nitrogen and oxygen atoms in total. The highest BCUT2D eigenvalue weighted by atomic mass is 16.5. The molecular formula is C14H22N2O3. The van der Waals surface area contributed by atoms with Gasteiger partial charge in [-0.15, -0.1) is 0 Å². The van der Waals surface area contributed by atoms with Crippen LogP contribution in [0.25, 0.3) is 0 Å². The van der Waals surface area contributed by atoms with Crippen molar-refractivity contribution in [2.24, 2.45) is 5.92 Å². The Hall–Kier alpha value is -1.91. The predicted octanol–water partition coefficient (Wildman–Crippen LogP) is 2.01. The van der Waals surface area contributed by atoms with E-state index in [4.69, 9.17) is 15.2 Å². The van der Waals surface area contributed by atoms with Gasteiger partial charge >= 0.3 is 0 Å². The first-order valence-corrected chi connectivity index (χ1v) is 6.17. The molecule has 1 rings (SSSR count). The maximum absolute atomic E-state index is 12.4. The number of hydrogen-bond acceptors (Lipinski definition) is 4. The summed E-state index contributed by atoms with van der Waals surface area (Å²) in [5, 5.41) is 0. The number of nitrogen functional groups attached to an aromatic ring is 1. The van der Waals surface area contributed by atoms with Gasteiger partial charge in [0.2, 0.25) is 0 Å². The van der Waals surface area contributed by atoms with Gasteiger partial charge in [-0.1, -0.05) is 13.8 Å². The predicted molar refractivity (Wildman–Crippen MR) is 75.8 cm³/mol. The van der Waals surface area contributed by atoms with Crippen molar-refractivity contribution in [3.05, 3.63) is 17.7 Å². The summed E-state index contributed by atoms with van der Waals surface area (Å²) in [4.78, 5) is 14.0. The first-order chi connectivity index (χ1) is 8.90. The van der Waals surface area contributed by atoms with Gasteiger partial charge in [0.25, 0.3) is 5.91 Å². The quantitative estimate of drug-likeness (QED) is 0.828. The summed E-state index contributed by atoms with van der Waals surface area (Å²) < 4.78 is 10.3. The fourth-order valence-corrected chi connectivity index (χ4v) is 1.90. The molecule has 2 N–H and O–H groups in total. The first-order valence-electron chi connectivity index (χ1n) is 6.17. The van der Waals surface area contributed by atoms with Crippen LogP contribution in [-0.4, -0.2) is 38.6 Å². The summed E-state index contributed by atoms with van der Waals surface area (Å²) >= 11 is 0. The number of anilines is 1. The SMILES string of the molecule is COc1cc(OC)c(N)c(C(=O)N(C)CC(C)C)c1. The topological polar surface area (TPSA) is 64.8 Å². The third-order valence-electron chi connectivity index (χ3n) is 2.79. The van der Waals surface area contributed by atoms with E-state index in [9.17, 15) is 4.79 Å². The first kappa shape index (κ1) is 15.1. The molecule has 0 bridgehead atoms. The average molecular weight is 266 g/mol. The van der Waals surface area contributed by atoms with Gasteiger partial charge in [-0.05, 0) is 12.0 Å². The smallest absolute Gasteiger partial charge is 0.255 e. The second-order valence-corrected chi connectivity index (χ2v) is 4.87. The third-order valence-corrected chi connectivity index (χ3v) is 2.79. The van der Waals surface area contributed by atoms with Gasteiger partial charge in [0.15, 0.2) is 0 Å². The van der Waals surface area contributed by atoms with Crippen LogP contribution in [0.4, 0.5) is 5.69 Å². The van der Waals surface area contributed by atoms with Gasteiger partial charge in [0.1, 0.15) is 11.5 Å². The van der Waals surface area contributed by atoms with Gasteiger partial charge < -0.3 is 20.1 Å².